The predicted octanol–water partition coefficient (Wildman–Crippen LogP) is 2.02. The van der Waals surface area contributed by atoms with Crippen molar-refractivity contribution in [3.63, 3.8) is 0 Å². The minimum absolute atomic E-state index is 0.241. The van der Waals surface area contributed by atoms with Crippen molar-refractivity contribution in [3.8, 4) is 12.1 Å². The van der Waals surface area contributed by atoms with E-state index in [1.54, 1.807) is 13.8 Å². The van der Waals surface area contributed by atoms with Gasteiger partial charge in [0.15, 0.2) is 11.0 Å². The Balaban J connectivity index is 3.63. The second-order valence-electron chi connectivity index (χ2n) is 5.48. The van der Waals surface area contributed by atoms with Crippen LogP contribution in [0.4, 0.5) is 13.2 Å². The first-order chi connectivity index (χ1) is 9.37. The van der Waals surface area contributed by atoms with Crippen LogP contribution < -0.4 is 0 Å². The first kappa shape index (κ1) is 17.2. The van der Waals surface area contributed by atoms with Crippen molar-refractivity contribution in [1.82, 2.24) is 0 Å². The van der Waals surface area contributed by atoms with Gasteiger partial charge in [0, 0.05) is 6.42 Å². The minimum atomic E-state index is -5.82. The van der Waals surface area contributed by atoms with Gasteiger partial charge in [-0.3, -0.25) is 4.79 Å². The van der Waals surface area contributed by atoms with E-state index in [9.17, 15) is 26.4 Å². The average molecular weight is 320 g/mol. The van der Waals surface area contributed by atoms with E-state index in [1.807, 2.05) is 0 Å². The van der Waals surface area contributed by atoms with Gasteiger partial charge in [-0.2, -0.15) is 23.7 Å². The topological polar surface area (TPSA) is 98.8 Å². The molecule has 0 N–H and O–H groups in total. The van der Waals surface area contributed by atoms with E-state index in [0.29, 0.717) is 0 Å². The fraction of sp³-hybridized carbons (Fsp3) is 0.583. The van der Waals surface area contributed by atoms with Crippen LogP contribution in [0, 0.1) is 28.1 Å². The van der Waals surface area contributed by atoms with E-state index >= 15 is 0 Å². The molecule has 1 rings (SSSR count). The molecule has 0 radical (unpaired) electrons. The summed E-state index contributed by atoms with van der Waals surface area (Å²) < 4.78 is 61.3. The number of carbonyl (C=O) groups is 1. The highest BCUT2D eigenvalue weighted by molar-refractivity contribution is 7.93. The molecular weight excluding hydrogens is 309 g/mol. The molecule has 0 aromatic rings. The summed E-state index contributed by atoms with van der Waals surface area (Å²) in [7, 11) is -5.82. The largest absolute Gasteiger partial charge is 0.498 e. The molecule has 0 aliphatic heterocycles. The number of alkyl halides is 3. The highest BCUT2D eigenvalue weighted by Crippen LogP contribution is 2.43. The summed E-state index contributed by atoms with van der Waals surface area (Å²) >= 11 is 0. The molecule has 21 heavy (non-hydrogen) atoms. The Morgan fingerprint density at radius 1 is 1.24 bits per heavy atom. The van der Waals surface area contributed by atoms with Gasteiger partial charge in [0.2, 0.25) is 0 Å². The Morgan fingerprint density at radius 2 is 1.71 bits per heavy atom. The fourth-order valence-electron chi connectivity index (χ4n) is 2.31. The SMILES string of the molecule is CC1(C)CC(=O)C(S(=O)(=O)C(F)(F)F)C(=C(C#N)C#N)C1. The van der Waals surface area contributed by atoms with Gasteiger partial charge in [0.1, 0.15) is 17.7 Å². The molecule has 5 nitrogen and oxygen atoms in total. The molecule has 0 heterocycles. The number of halogens is 3. The van der Waals surface area contributed by atoms with Gasteiger partial charge >= 0.3 is 5.51 Å². The lowest BCUT2D eigenvalue weighted by Crippen LogP contribution is -2.46. The zero-order chi connectivity index (χ0) is 16.6. The lowest BCUT2D eigenvalue weighted by Gasteiger charge is -2.35. The van der Waals surface area contributed by atoms with Crippen molar-refractivity contribution in [1.29, 1.82) is 10.5 Å². The van der Waals surface area contributed by atoms with Crippen LogP contribution in [0.15, 0.2) is 11.1 Å². The number of sulfone groups is 1. The highest BCUT2D eigenvalue weighted by Gasteiger charge is 2.57. The smallest absolute Gasteiger partial charge is 0.298 e. The van der Waals surface area contributed by atoms with Gasteiger partial charge in [-0.05, 0) is 17.4 Å². The van der Waals surface area contributed by atoms with E-state index in [2.05, 4.69) is 0 Å². The van der Waals surface area contributed by atoms with Crippen molar-refractivity contribution in [3.05, 3.63) is 11.1 Å². The monoisotopic (exact) mass is 320 g/mol. The number of ketones is 1. The van der Waals surface area contributed by atoms with Crippen molar-refractivity contribution in [2.75, 3.05) is 0 Å². The van der Waals surface area contributed by atoms with Crippen molar-refractivity contribution in [2.45, 2.75) is 37.4 Å². The van der Waals surface area contributed by atoms with Crippen LogP contribution >= 0.6 is 0 Å². The van der Waals surface area contributed by atoms with Crippen LogP contribution in [0.25, 0.3) is 0 Å². The predicted molar refractivity (Wildman–Crippen MR) is 65.0 cm³/mol. The van der Waals surface area contributed by atoms with Crippen LogP contribution in [0.2, 0.25) is 0 Å². The second kappa shape index (κ2) is 5.15. The van der Waals surface area contributed by atoms with E-state index in [1.165, 1.54) is 12.1 Å². The number of hydrogen-bond donors (Lipinski definition) is 0. The third-order valence-corrected chi connectivity index (χ3v) is 4.92. The molecule has 1 aliphatic carbocycles. The maximum Gasteiger partial charge on any atom is 0.498 e. The molecule has 1 aliphatic rings. The van der Waals surface area contributed by atoms with Crippen molar-refractivity contribution in [2.24, 2.45) is 5.41 Å². The molecule has 0 spiro atoms. The van der Waals surface area contributed by atoms with Gasteiger partial charge in [0.05, 0.1) is 0 Å². The van der Waals surface area contributed by atoms with Crippen LogP contribution in [0.5, 0.6) is 0 Å². The summed E-state index contributed by atoms with van der Waals surface area (Å²) in [5.74, 6) is -1.15. The first-order valence-corrected chi connectivity index (χ1v) is 7.28. The number of Topliss-reactive ketones (excluding diaryl/α,β-unsaturated/α-hetero) is 1. The molecule has 0 bridgehead atoms. The zero-order valence-electron chi connectivity index (χ0n) is 11.2. The molecule has 1 unspecified atom stereocenters. The van der Waals surface area contributed by atoms with Crippen molar-refractivity contribution >= 4 is 15.6 Å². The highest BCUT2D eigenvalue weighted by atomic mass is 32.2. The summed E-state index contributed by atoms with van der Waals surface area (Å²) in [6.45, 7) is 3.10. The van der Waals surface area contributed by atoms with E-state index in [0.717, 1.165) is 0 Å². The standard InChI is InChI=1S/C12H11F3N2O3S/c1-11(2)3-8(7(5-16)6-17)10(9(18)4-11)21(19,20)12(13,14)15/h10H,3-4H2,1-2H3. The lowest BCUT2D eigenvalue weighted by molar-refractivity contribution is -0.121. The number of hydrogen-bond acceptors (Lipinski definition) is 5. The molecule has 114 valence electrons. The number of nitriles is 2. The third kappa shape index (κ3) is 3.08. The maximum atomic E-state index is 12.7. The van der Waals surface area contributed by atoms with Crippen LogP contribution in [-0.2, 0) is 14.6 Å². The van der Waals surface area contributed by atoms with Crippen molar-refractivity contribution < 1.29 is 26.4 Å². The molecule has 1 fully saturated rings. The maximum absolute atomic E-state index is 12.7. The van der Waals surface area contributed by atoms with Gasteiger partial charge in [-0.1, -0.05) is 13.8 Å². The van der Waals surface area contributed by atoms with Gasteiger partial charge in [-0.25, -0.2) is 8.42 Å². The Bertz CT molecular complexity index is 675. The van der Waals surface area contributed by atoms with E-state index in [4.69, 9.17) is 10.5 Å². The van der Waals surface area contributed by atoms with E-state index in [-0.39, 0.29) is 12.8 Å². The number of rotatable bonds is 1. The summed E-state index contributed by atoms with van der Waals surface area (Å²) in [5, 5.41) is 15.1. The molecular formula is C12H11F3N2O3S. The molecule has 0 amide bonds. The van der Waals surface area contributed by atoms with Gasteiger partial charge in [-0.15, -0.1) is 0 Å². The molecule has 1 saturated carbocycles. The van der Waals surface area contributed by atoms with Gasteiger partial charge in [0.25, 0.3) is 9.84 Å². The van der Waals surface area contributed by atoms with Gasteiger partial charge < -0.3 is 0 Å². The number of nitrogens with zero attached hydrogens (tertiary/aromatic N) is 2. The number of allylic oxidation sites excluding steroid dienone is 1. The Hall–Kier alpha value is -1.87. The molecule has 1 atom stereocenters. The summed E-state index contributed by atoms with van der Waals surface area (Å²) in [5.41, 5.74) is -7.77. The molecule has 0 aromatic heterocycles. The summed E-state index contributed by atoms with van der Waals surface area (Å²) in [6.07, 6.45) is -0.615. The Kier molecular flexibility index (Phi) is 4.22. The molecule has 9 heteroatoms. The van der Waals surface area contributed by atoms with Crippen LogP contribution in [0.3, 0.4) is 0 Å². The Labute approximate surface area is 119 Å². The summed E-state index contributed by atoms with van der Waals surface area (Å²) in [4.78, 5) is 11.9. The fourth-order valence-corrected chi connectivity index (χ4v) is 3.58. The lowest BCUT2D eigenvalue weighted by atomic mass is 9.73. The molecule has 0 saturated heterocycles. The Morgan fingerprint density at radius 3 is 2.10 bits per heavy atom. The minimum Gasteiger partial charge on any atom is -0.298 e. The van der Waals surface area contributed by atoms with E-state index < -0.39 is 42.9 Å². The third-order valence-electron chi connectivity index (χ3n) is 3.11. The quantitative estimate of drug-likeness (QED) is 0.688. The van der Waals surface area contributed by atoms with Crippen LogP contribution in [-0.4, -0.2) is 25.0 Å². The normalized spacial score (nSPS) is 22.3. The van der Waals surface area contributed by atoms with Crippen LogP contribution in [0.1, 0.15) is 26.7 Å². The second-order valence-corrected chi connectivity index (χ2v) is 7.50. The number of carbonyl (C=O) groups excluding carboxylic acids is 1. The zero-order valence-corrected chi connectivity index (χ0v) is 12.0. The average Bonchev–Trinajstić information content (AvgIpc) is 2.26. The summed E-state index contributed by atoms with van der Waals surface area (Å²) in [6, 6.07) is 2.74. The first-order valence-electron chi connectivity index (χ1n) is 5.73. The molecule has 0 aromatic carbocycles.